The van der Waals surface area contributed by atoms with Crippen LogP contribution in [0.1, 0.15) is 24.5 Å². The molecule has 1 aromatic rings. The monoisotopic (exact) mass is 302 g/mol. The van der Waals surface area contributed by atoms with Crippen molar-refractivity contribution in [1.82, 2.24) is 0 Å². The summed E-state index contributed by atoms with van der Waals surface area (Å²) in [5.74, 6) is -4.66. The Balaban J connectivity index is 2.35. The van der Waals surface area contributed by atoms with Gasteiger partial charge in [0.2, 0.25) is 0 Å². The van der Waals surface area contributed by atoms with Gasteiger partial charge < -0.3 is 10.2 Å². The third-order valence-corrected chi connectivity index (χ3v) is 3.89. The molecule has 3 unspecified atom stereocenters. The average molecular weight is 303 g/mol. The molecule has 1 aliphatic carbocycles. The molecular formula is C14H13ClF2O3. The average Bonchev–Trinajstić information content (AvgIpc) is 2.42. The van der Waals surface area contributed by atoms with Crippen LogP contribution >= 0.6 is 11.6 Å². The van der Waals surface area contributed by atoms with Crippen molar-refractivity contribution in [1.29, 1.82) is 0 Å². The number of allylic oxidation sites excluding steroid dienone is 2. The van der Waals surface area contributed by atoms with E-state index in [1.54, 1.807) is 12.2 Å². The SMILES string of the molecule is O=C(O)C1CC=CCC1C(O)c1cc(F)c(F)cc1Cl. The van der Waals surface area contributed by atoms with Gasteiger partial charge in [-0.25, -0.2) is 8.78 Å². The Morgan fingerprint density at radius 2 is 1.85 bits per heavy atom. The van der Waals surface area contributed by atoms with E-state index in [1.807, 2.05) is 0 Å². The summed E-state index contributed by atoms with van der Waals surface area (Å²) in [6, 6.07) is 1.60. The molecule has 0 fully saturated rings. The van der Waals surface area contributed by atoms with E-state index in [1.165, 1.54) is 0 Å². The predicted octanol–water partition coefficient (Wildman–Crippen LogP) is 3.32. The van der Waals surface area contributed by atoms with E-state index < -0.39 is 35.5 Å². The van der Waals surface area contributed by atoms with Gasteiger partial charge in [0.15, 0.2) is 11.6 Å². The van der Waals surface area contributed by atoms with E-state index in [9.17, 15) is 18.7 Å². The van der Waals surface area contributed by atoms with Crippen molar-refractivity contribution in [2.24, 2.45) is 11.8 Å². The van der Waals surface area contributed by atoms with Crippen LogP contribution in [0.3, 0.4) is 0 Å². The fraction of sp³-hybridized carbons (Fsp3) is 0.357. The third kappa shape index (κ3) is 2.83. The lowest BCUT2D eigenvalue weighted by Crippen LogP contribution is -2.30. The van der Waals surface area contributed by atoms with Crippen molar-refractivity contribution < 1.29 is 23.8 Å². The van der Waals surface area contributed by atoms with Crippen LogP contribution < -0.4 is 0 Å². The van der Waals surface area contributed by atoms with Crippen LogP contribution in [0.4, 0.5) is 8.78 Å². The standard InChI is InChI=1S/C14H13ClF2O3/c15-10-6-12(17)11(16)5-9(10)13(18)7-3-1-2-4-8(7)14(19)20/h1-2,5-8,13,18H,3-4H2,(H,19,20). The van der Waals surface area contributed by atoms with Gasteiger partial charge in [-0.15, -0.1) is 0 Å². The zero-order valence-electron chi connectivity index (χ0n) is 10.4. The molecule has 0 bridgehead atoms. The largest absolute Gasteiger partial charge is 0.481 e. The van der Waals surface area contributed by atoms with Crippen LogP contribution in [0, 0.1) is 23.5 Å². The Bertz CT molecular complexity index is 560. The van der Waals surface area contributed by atoms with Gasteiger partial charge in [0.1, 0.15) is 0 Å². The number of hydrogen-bond donors (Lipinski definition) is 2. The number of carboxylic acid groups (broad SMARTS) is 1. The van der Waals surface area contributed by atoms with Gasteiger partial charge in [-0.05, 0) is 25.0 Å². The van der Waals surface area contributed by atoms with Crippen molar-refractivity contribution in [2.75, 3.05) is 0 Å². The molecule has 3 nitrogen and oxygen atoms in total. The first-order chi connectivity index (χ1) is 9.41. The lowest BCUT2D eigenvalue weighted by molar-refractivity contribution is -0.145. The molecule has 0 saturated carbocycles. The number of hydrogen-bond acceptors (Lipinski definition) is 2. The zero-order valence-corrected chi connectivity index (χ0v) is 11.1. The molecule has 0 radical (unpaired) electrons. The third-order valence-electron chi connectivity index (χ3n) is 3.56. The molecule has 20 heavy (non-hydrogen) atoms. The van der Waals surface area contributed by atoms with Gasteiger partial charge in [0, 0.05) is 16.5 Å². The van der Waals surface area contributed by atoms with Gasteiger partial charge >= 0.3 is 5.97 Å². The summed E-state index contributed by atoms with van der Waals surface area (Å²) in [4.78, 5) is 11.2. The summed E-state index contributed by atoms with van der Waals surface area (Å²) in [6.07, 6.45) is 2.87. The number of aliphatic carboxylic acids is 1. The van der Waals surface area contributed by atoms with Crippen LogP contribution in [0.25, 0.3) is 0 Å². The minimum absolute atomic E-state index is 0.0112. The number of carbonyl (C=O) groups is 1. The highest BCUT2D eigenvalue weighted by atomic mass is 35.5. The van der Waals surface area contributed by atoms with Crippen LogP contribution in [0.15, 0.2) is 24.3 Å². The zero-order chi connectivity index (χ0) is 14.9. The summed E-state index contributed by atoms with van der Waals surface area (Å²) < 4.78 is 26.3. The van der Waals surface area contributed by atoms with Gasteiger partial charge in [-0.3, -0.25) is 4.79 Å². The van der Waals surface area contributed by atoms with E-state index in [0.717, 1.165) is 12.1 Å². The normalized spacial score (nSPS) is 23.6. The van der Waals surface area contributed by atoms with Crippen LogP contribution in [-0.4, -0.2) is 16.2 Å². The number of rotatable bonds is 3. The minimum Gasteiger partial charge on any atom is -0.481 e. The van der Waals surface area contributed by atoms with E-state index >= 15 is 0 Å². The maximum absolute atomic E-state index is 13.3. The summed E-state index contributed by atoms with van der Waals surface area (Å²) in [5, 5.41) is 19.3. The predicted molar refractivity (Wildman–Crippen MR) is 69.3 cm³/mol. The van der Waals surface area contributed by atoms with Gasteiger partial charge in [-0.1, -0.05) is 23.8 Å². The van der Waals surface area contributed by atoms with Crippen molar-refractivity contribution in [3.05, 3.63) is 46.5 Å². The Morgan fingerprint density at radius 1 is 1.25 bits per heavy atom. The fourth-order valence-corrected chi connectivity index (χ4v) is 2.73. The molecule has 0 heterocycles. The molecule has 6 heteroatoms. The highest BCUT2D eigenvalue weighted by molar-refractivity contribution is 6.31. The van der Waals surface area contributed by atoms with E-state index in [4.69, 9.17) is 16.7 Å². The first-order valence-electron chi connectivity index (χ1n) is 6.12. The highest BCUT2D eigenvalue weighted by Gasteiger charge is 2.35. The molecule has 1 aliphatic rings. The van der Waals surface area contributed by atoms with Crippen molar-refractivity contribution >= 4 is 17.6 Å². The summed E-state index contributed by atoms with van der Waals surface area (Å²) >= 11 is 5.81. The molecular weight excluding hydrogens is 290 g/mol. The van der Waals surface area contributed by atoms with E-state index in [-0.39, 0.29) is 10.6 Å². The quantitative estimate of drug-likeness (QED) is 0.665. The van der Waals surface area contributed by atoms with Crippen molar-refractivity contribution in [3.8, 4) is 0 Å². The second-order valence-electron chi connectivity index (χ2n) is 4.78. The topological polar surface area (TPSA) is 57.5 Å². The first-order valence-corrected chi connectivity index (χ1v) is 6.50. The summed E-state index contributed by atoms with van der Waals surface area (Å²) in [7, 11) is 0. The van der Waals surface area contributed by atoms with Crippen LogP contribution in [-0.2, 0) is 4.79 Å². The van der Waals surface area contributed by atoms with Gasteiger partial charge in [0.05, 0.1) is 12.0 Å². The Morgan fingerprint density at radius 3 is 2.50 bits per heavy atom. The van der Waals surface area contributed by atoms with Crippen molar-refractivity contribution in [3.63, 3.8) is 0 Å². The van der Waals surface area contributed by atoms with Gasteiger partial charge in [0.25, 0.3) is 0 Å². The molecule has 0 spiro atoms. The van der Waals surface area contributed by atoms with E-state index in [0.29, 0.717) is 12.8 Å². The molecule has 1 aromatic carbocycles. The Hall–Kier alpha value is -1.46. The summed E-state index contributed by atoms with van der Waals surface area (Å²) in [6.45, 7) is 0. The maximum Gasteiger partial charge on any atom is 0.307 e. The maximum atomic E-state index is 13.3. The first kappa shape index (κ1) is 14.9. The second kappa shape index (κ2) is 5.89. The summed E-state index contributed by atoms with van der Waals surface area (Å²) in [5.41, 5.74) is 0.0112. The van der Waals surface area contributed by atoms with Gasteiger partial charge in [-0.2, -0.15) is 0 Å². The Labute approximate surface area is 119 Å². The minimum atomic E-state index is -1.26. The molecule has 3 atom stereocenters. The highest BCUT2D eigenvalue weighted by Crippen LogP contribution is 2.39. The molecule has 0 aliphatic heterocycles. The number of halogens is 3. The fourth-order valence-electron chi connectivity index (χ4n) is 2.46. The molecule has 108 valence electrons. The van der Waals surface area contributed by atoms with Crippen molar-refractivity contribution in [2.45, 2.75) is 18.9 Å². The number of aliphatic hydroxyl groups excluding tert-OH is 1. The second-order valence-corrected chi connectivity index (χ2v) is 5.19. The molecule has 0 aromatic heterocycles. The van der Waals surface area contributed by atoms with Crippen LogP contribution in [0.5, 0.6) is 0 Å². The molecule has 0 saturated heterocycles. The van der Waals surface area contributed by atoms with Crippen LogP contribution in [0.2, 0.25) is 5.02 Å². The molecule has 2 rings (SSSR count). The molecule has 2 N–H and O–H groups in total. The number of carboxylic acids is 1. The smallest absolute Gasteiger partial charge is 0.307 e. The lowest BCUT2D eigenvalue weighted by atomic mass is 9.77. The number of benzene rings is 1. The lowest BCUT2D eigenvalue weighted by Gasteiger charge is -2.30. The molecule has 0 amide bonds. The van der Waals surface area contributed by atoms with E-state index in [2.05, 4.69) is 0 Å². The Kier molecular flexibility index (Phi) is 4.40. The number of aliphatic hydroxyl groups is 1.